The van der Waals surface area contributed by atoms with Gasteiger partial charge in [-0.2, -0.15) is 0 Å². The van der Waals surface area contributed by atoms with E-state index >= 15 is 0 Å². The quantitative estimate of drug-likeness (QED) is 0.324. The number of rotatable bonds is 10. The largest absolute Gasteiger partial charge is 0.126 e. The van der Waals surface area contributed by atoms with Gasteiger partial charge in [0.15, 0.2) is 0 Å². The van der Waals surface area contributed by atoms with Crippen LogP contribution in [0.25, 0.3) is 11.1 Å². The summed E-state index contributed by atoms with van der Waals surface area (Å²) >= 11 is 1.98. The highest BCUT2D eigenvalue weighted by atomic mass is 32.2. The van der Waals surface area contributed by atoms with Gasteiger partial charge in [-0.25, -0.2) is 0 Å². The topological polar surface area (TPSA) is 0 Å². The first-order valence-corrected chi connectivity index (χ1v) is 10.1. The summed E-state index contributed by atoms with van der Waals surface area (Å²) in [6, 6.07) is 18.2. The van der Waals surface area contributed by atoms with Crippen molar-refractivity contribution in [2.24, 2.45) is 0 Å². The highest BCUT2D eigenvalue weighted by Gasteiger charge is 2.00. The van der Waals surface area contributed by atoms with Crippen LogP contribution in [0.2, 0.25) is 0 Å². The molecule has 0 unspecified atom stereocenters. The summed E-state index contributed by atoms with van der Waals surface area (Å²) < 4.78 is 0. The maximum Gasteiger partial charge on any atom is 0.00723 e. The smallest absolute Gasteiger partial charge is 0.00723 e. The number of thioether (sulfide) groups is 1. The van der Waals surface area contributed by atoms with Gasteiger partial charge in [-0.05, 0) is 53.8 Å². The van der Waals surface area contributed by atoms with Crippen molar-refractivity contribution in [3.8, 4) is 11.1 Å². The van der Waals surface area contributed by atoms with Crippen molar-refractivity contribution in [3.05, 3.63) is 54.1 Å². The Morgan fingerprint density at radius 2 is 1.22 bits per heavy atom. The fourth-order valence-electron chi connectivity index (χ4n) is 2.73. The Balaban J connectivity index is 1.88. The normalized spacial score (nSPS) is 10.9. The molecule has 1 heteroatoms. The standard InChI is InChI=1S/C22H30S/c1-3-5-7-9-19-10-12-20(13-11-19)21-14-16-22(17-15-21)23-18-8-6-4-2/h10-17H,3-9,18H2,1-2H3. The van der Waals surface area contributed by atoms with Crippen molar-refractivity contribution in [2.45, 2.75) is 63.7 Å². The van der Waals surface area contributed by atoms with Gasteiger partial charge < -0.3 is 0 Å². The molecular weight excluding hydrogens is 296 g/mol. The summed E-state index contributed by atoms with van der Waals surface area (Å²) in [7, 11) is 0. The Morgan fingerprint density at radius 1 is 0.652 bits per heavy atom. The molecule has 0 amide bonds. The molecule has 0 nitrogen and oxygen atoms in total. The van der Waals surface area contributed by atoms with Crippen LogP contribution in [0.4, 0.5) is 0 Å². The van der Waals surface area contributed by atoms with Crippen molar-refractivity contribution in [3.63, 3.8) is 0 Å². The summed E-state index contributed by atoms with van der Waals surface area (Å²) in [6.45, 7) is 4.52. The molecule has 0 spiro atoms. The number of hydrogen-bond acceptors (Lipinski definition) is 1. The zero-order valence-corrected chi connectivity index (χ0v) is 15.5. The zero-order chi connectivity index (χ0) is 16.3. The average Bonchev–Trinajstić information content (AvgIpc) is 2.60. The van der Waals surface area contributed by atoms with Crippen molar-refractivity contribution in [1.82, 2.24) is 0 Å². The Hall–Kier alpha value is -1.21. The maximum atomic E-state index is 2.29. The molecule has 0 radical (unpaired) electrons. The molecule has 0 saturated carbocycles. The van der Waals surface area contributed by atoms with E-state index in [0.29, 0.717) is 0 Å². The second kappa shape index (κ2) is 10.5. The van der Waals surface area contributed by atoms with Crippen molar-refractivity contribution in [2.75, 3.05) is 5.75 Å². The van der Waals surface area contributed by atoms with Crippen LogP contribution in [0.15, 0.2) is 53.4 Å². The van der Waals surface area contributed by atoms with E-state index in [1.807, 2.05) is 11.8 Å². The summed E-state index contributed by atoms with van der Waals surface area (Å²) in [5, 5.41) is 0. The predicted octanol–water partition coefficient (Wildman–Crippen LogP) is 7.37. The Morgan fingerprint density at radius 3 is 1.83 bits per heavy atom. The van der Waals surface area contributed by atoms with E-state index in [4.69, 9.17) is 0 Å². The van der Waals surface area contributed by atoms with Crippen LogP contribution in [-0.2, 0) is 6.42 Å². The lowest BCUT2D eigenvalue weighted by Crippen LogP contribution is -1.86. The number of hydrogen-bond donors (Lipinski definition) is 0. The minimum atomic E-state index is 1.21. The zero-order valence-electron chi connectivity index (χ0n) is 14.7. The van der Waals surface area contributed by atoms with Gasteiger partial charge in [-0.1, -0.05) is 75.9 Å². The van der Waals surface area contributed by atoms with Crippen molar-refractivity contribution >= 4 is 11.8 Å². The first-order valence-electron chi connectivity index (χ1n) is 9.15. The average molecular weight is 327 g/mol. The summed E-state index contributed by atoms with van der Waals surface area (Å²) in [6.07, 6.45) is 9.10. The van der Waals surface area contributed by atoms with Gasteiger partial charge in [0.25, 0.3) is 0 Å². The lowest BCUT2D eigenvalue weighted by Gasteiger charge is -2.06. The van der Waals surface area contributed by atoms with Crippen LogP contribution in [0.3, 0.4) is 0 Å². The van der Waals surface area contributed by atoms with Crippen LogP contribution in [0, 0.1) is 0 Å². The molecule has 0 aliphatic rings. The molecule has 0 N–H and O–H groups in total. The molecule has 0 bridgehead atoms. The molecule has 2 aromatic carbocycles. The molecular formula is C22H30S. The van der Waals surface area contributed by atoms with Crippen LogP contribution in [0.5, 0.6) is 0 Å². The second-order valence-electron chi connectivity index (χ2n) is 6.23. The second-order valence-corrected chi connectivity index (χ2v) is 7.40. The predicted molar refractivity (Wildman–Crippen MR) is 105 cm³/mol. The molecule has 2 rings (SSSR count). The van der Waals surface area contributed by atoms with Gasteiger partial charge in [-0.3, -0.25) is 0 Å². The van der Waals surface area contributed by atoms with Gasteiger partial charge in [0.1, 0.15) is 0 Å². The SMILES string of the molecule is CCCCCSc1ccc(-c2ccc(CCCCC)cc2)cc1. The lowest BCUT2D eigenvalue weighted by molar-refractivity contribution is 0.717. The Kier molecular flexibility index (Phi) is 8.31. The summed E-state index contributed by atoms with van der Waals surface area (Å²) in [5.41, 5.74) is 4.11. The van der Waals surface area contributed by atoms with Gasteiger partial charge >= 0.3 is 0 Å². The van der Waals surface area contributed by atoms with E-state index in [-0.39, 0.29) is 0 Å². The number of benzene rings is 2. The summed E-state index contributed by atoms with van der Waals surface area (Å²) in [4.78, 5) is 1.39. The van der Waals surface area contributed by atoms with Gasteiger partial charge in [0, 0.05) is 4.90 Å². The third-order valence-electron chi connectivity index (χ3n) is 4.23. The van der Waals surface area contributed by atoms with Crippen LogP contribution in [-0.4, -0.2) is 5.75 Å². The van der Waals surface area contributed by atoms with Crippen molar-refractivity contribution < 1.29 is 0 Å². The molecule has 0 aliphatic heterocycles. The highest BCUT2D eigenvalue weighted by molar-refractivity contribution is 7.99. The van der Waals surface area contributed by atoms with E-state index in [0.717, 1.165) is 0 Å². The first-order chi connectivity index (χ1) is 11.3. The van der Waals surface area contributed by atoms with E-state index < -0.39 is 0 Å². The molecule has 0 atom stereocenters. The molecule has 23 heavy (non-hydrogen) atoms. The molecule has 124 valence electrons. The number of unbranched alkanes of at least 4 members (excludes halogenated alkanes) is 4. The minimum Gasteiger partial charge on any atom is -0.126 e. The van der Waals surface area contributed by atoms with Gasteiger partial charge in [-0.15, -0.1) is 11.8 Å². The maximum absolute atomic E-state index is 2.29. The van der Waals surface area contributed by atoms with E-state index in [1.165, 1.54) is 72.3 Å². The van der Waals surface area contributed by atoms with Crippen LogP contribution in [0.1, 0.15) is 57.9 Å². The molecule has 2 aromatic rings. The lowest BCUT2D eigenvalue weighted by atomic mass is 10.0. The van der Waals surface area contributed by atoms with Gasteiger partial charge in [0.05, 0.1) is 0 Å². The fraction of sp³-hybridized carbons (Fsp3) is 0.455. The fourth-order valence-corrected chi connectivity index (χ4v) is 3.64. The molecule has 0 aromatic heterocycles. The third kappa shape index (κ3) is 6.43. The van der Waals surface area contributed by atoms with Crippen LogP contribution < -0.4 is 0 Å². The van der Waals surface area contributed by atoms with E-state index in [9.17, 15) is 0 Å². The monoisotopic (exact) mass is 326 g/mol. The Bertz CT molecular complexity index is 539. The molecule has 0 aliphatic carbocycles. The minimum absolute atomic E-state index is 1.21. The van der Waals surface area contributed by atoms with Gasteiger partial charge in [0.2, 0.25) is 0 Å². The van der Waals surface area contributed by atoms with E-state index in [1.54, 1.807) is 0 Å². The summed E-state index contributed by atoms with van der Waals surface area (Å²) in [5.74, 6) is 1.24. The highest BCUT2D eigenvalue weighted by Crippen LogP contribution is 2.25. The Labute approximate surface area is 146 Å². The van der Waals surface area contributed by atoms with Crippen LogP contribution >= 0.6 is 11.8 Å². The molecule has 0 fully saturated rings. The van der Waals surface area contributed by atoms with E-state index in [2.05, 4.69) is 62.4 Å². The molecule has 0 saturated heterocycles. The third-order valence-corrected chi connectivity index (χ3v) is 5.33. The van der Waals surface area contributed by atoms with Crippen molar-refractivity contribution in [1.29, 1.82) is 0 Å². The molecule has 0 heterocycles. The number of aryl methyl sites for hydroxylation is 1. The first kappa shape index (κ1) is 18.1.